The second kappa shape index (κ2) is 5.40. The second-order valence-electron chi connectivity index (χ2n) is 6.10. The molecule has 23 heavy (non-hydrogen) atoms. The van der Waals surface area contributed by atoms with E-state index < -0.39 is 11.6 Å². The molecule has 0 unspecified atom stereocenters. The van der Waals surface area contributed by atoms with Gasteiger partial charge < -0.3 is 9.88 Å². The highest BCUT2D eigenvalue weighted by molar-refractivity contribution is 5.82. The number of hydrogen-bond donors (Lipinski definition) is 1. The Balaban J connectivity index is 1.38. The van der Waals surface area contributed by atoms with E-state index in [2.05, 4.69) is 15.5 Å². The first-order valence-corrected chi connectivity index (χ1v) is 7.77. The van der Waals surface area contributed by atoms with Gasteiger partial charge in [0.15, 0.2) is 17.5 Å². The number of hydrogen-bond acceptors (Lipinski definition) is 3. The topological polar surface area (TPSA) is 59.8 Å². The Kier molecular flexibility index (Phi) is 3.36. The first-order valence-electron chi connectivity index (χ1n) is 7.77. The number of rotatable bonds is 4. The van der Waals surface area contributed by atoms with Gasteiger partial charge in [-0.2, -0.15) is 0 Å². The zero-order valence-electron chi connectivity index (χ0n) is 12.4. The lowest BCUT2D eigenvalue weighted by Gasteiger charge is -2.06. The molecule has 1 aliphatic carbocycles. The third-order valence-electron chi connectivity index (χ3n) is 4.61. The summed E-state index contributed by atoms with van der Waals surface area (Å²) in [6.45, 7) is 1.20. The van der Waals surface area contributed by atoms with Gasteiger partial charge in [-0.3, -0.25) is 4.79 Å². The van der Waals surface area contributed by atoms with Crippen LogP contribution in [0.4, 0.5) is 8.78 Å². The molecular weight excluding hydrogens is 302 g/mol. The van der Waals surface area contributed by atoms with Crippen LogP contribution in [0.15, 0.2) is 18.2 Å². The van der Waals surface area contributed by atoms with Crippen LogP contribution < -0.4 is 5.32 Å². The lowest BCUT2D eigenvalue weighted by Crippen LogP contribution is -2.26. The van der Waals surface area contributed by atoms with Crippen LogP contribution in [0, 0.1) is 17.6 Å². The van der Waals surface area contributed by atoms with Gasteiger partial charge >= 0.3 is 0 Å². The van der Waals surface area contributed by atoms with Crippen molar-refractivity contribution in [1.82, 2.24) is 20.1 Å². The fourth-order valence-corrected chi connectivity index (χ4v) is 3.27. The number of carbonyl (C=O) groups is 1. The van der Waals surface area contributed by atoms with E-state index in [0.717, 1.165) is 37.1 Å². The summed E-state index contributed by atoms with van der Waals surface area (Å²) in [5.74, 6) is -0.688. The van der Waals surface area contributed by atoms with Crippen LogP contribution in [-0.2, 0) is 24.3 Å². The summed E-state index contributed by atoms with van der Waals surface area (Å²) in [5, 5.41) is 11.0. The lowest BCUT2D eigenvalue weighted by atomic mass is 10.1. The van der Waals surface area contributed by atoms with E-state index in [0.29, 0.717) is 13.0 Å². The first-order chi connectivity index (χ1) is 11.1. The van der Waals surface area contributed by atoms with Gasteiger partial charge in [-0.05, 0) is 30.4 Å². The molecule has 0 radical (unpaired) electrons. The Hall–Kier alpha value is -2.31. The number of aryl methyl sites for hydroxylation is 1. The minimum Gasteiger partial charge on any atom is -0.349 e. The quantitative estimate of drug-likeness (QED) is 0.937. The van der Waals surface area contributed by atoms with Gasteiger partial charge in [-0.15, -0.1) is 10.2 Å². The maximum Gasteiger partial charge on any atom is 0.224 e. The number of nitrogens with one attached hydrogen (secondary N) is 1. The van der Waals surface area contributed by atoms with Crippen LogP contribution in [0.25, 0.3) is 0 Å². The summed E-state index contributed by atoms with van der Waals surface area (Å²) in [6, 6.07) is 4.10. The third kappa shape index (κ3) is 2.50. The summed E-state index contributed by atoms with van der Waals surface area (Å²) >= 11 is 0. The van der Waals surface area contributed by atoms with Crippen molar-refractivity contribution in [3.8, 4) is 0 Å². The summed E-state index contributed by atoms with van der Waals surface area (Å²) < 4.78 is 29.0. The lowest BCUT2D eigenvalue weighted by molar-refractivity contribution is -0.122. The maximum atomic E-state index is 13.8. The SMILES string of the molecule is O=C(NCc1nnc2n1CCC2)[C@@H]1C[C@@H]1c1cccc(F)c1F. The molecule has 7 heteroatoms. The number of benzene rings is 1. The van der Waals surface area contributed by atoms with Crippen LogP contribution in [0.2, 0.25) is 0 Å². The van der Waals surface area contributed by atoms with Crippen LogP contribution in [-0.4, -0.2) is 20.7 Å². The minimum absolute atomic E-state index is 0.144. The van der Waals surface area contributed by atoms with Gasteiger partial charge in [-0.1, -0.05) is 12.1 Å². The van der Waals surface area contributed by atoms with Gasteiger partial charge in [0.2, 0.25) is 5.91 Å². The fraction of sp³-hybridized carbons (Fsp3) is 0.438. The smallest absolute Gasteiger partial charge is 0.224 e. The number of aromatic nitrogens is 3. The van der Waals surface area contributed by atoms with Crippen molar-refractivity contribution < 1.29 is 13.6 Å². The average molecular weight is 318 g/mol. The third-order valence-corrected chi connectivity index (χ3v) is 4.61. The second-order valence-corrected chi connectivity index (χ2v) is 6.10. The van der Waals surface area contributed by atoms with Crippen molar-refractivity contribution in [2.24, 2.45) is 5.92 Å². The van der Waals surface area contributed by atoms with Crippen molar-refractivity contribution in [3.05, 3.63) is 47.0 Å². The number of halogens is 2. The highest BCUT2D eigenvalue weighted by atomic mass is 19.2. The Labute approximate surface area is 131 Å². The van der Waals surface area contributed by atoms with Crippen molar-refractivity contribution in [1.29, 1.82) is 0 Å². The average Bonchev–Trinajstić information content (AvgIpc) is 3.02. The van der Waals surface area contributed by atoms with E-state index in [9.17, 15) is 13.6 Å². The Bertz CT molecular complexity index is 773. The van der Waals surface area contributed by atoms with E-state index in [1.54, 1.807) is 6.07 Å². The molecule has 0 bridgehead atoms. The molecule has 120 valence electrons. The van der Waals surface area contributed by atoms with Gasteiger partial charge in [0.05, 0.1) is 6.54 Å². The molecule has 1 aromatic heterocycles. The molecule has 1 aliphatic heterocycles. The Morgan fingerprint density at radius 3 is 3.09 bits per heavy atom. The Morgan fingerprint density at radius 1 is 1.35 bits per heavy atom. The van der Waals surface area contributed by atoms with E-state index >= 15 is 0 Å². The zero-order chi connectivity index (χ0) is 16.0. The monoisotopic (exact) mass is 318 g/mol. The molecule has 2 atom stereocenters. The molecule has 1 fully saturated rings. The number of nitrogens with zero attached hydrogens (tertiary/aromatic N) is 3. The molecule has 2 heterocycles. The van der Waals surface area contributed by atoms with E-state index in [1.807, 2.05) is 4.57 Å². The molecule has 2 aromatic rings. The zero-order valence-corrected chi connectivity index (χ0v) is 12.4. The fourth-order valence-electron chi connectivity index (χ4n) is 3.27. The van der Waals surface area contributed by atoms with E-state index in [-0.39, 0.29) is 23.3 Å². The summed E-state index contributed by atoms with van der Waals surface area (Å²) in [7, 11) is 0. The van der Waals surface area contributed by atoms with Crippen LogP contribution in [0.3, 0.4) is 0 Å². The predicted octanol–water partition coefficient (Wildman–Crippen LogP) is 1.92. The largest absolute Gasteiger partial charge is 0.349 e. The van der Waals surface area contributed by atoms with Gasteiger partial charge in [-0.25, -0.2) is 8.78 Å². The highest BCUT2D eigenvalue weighted by Gasteiger charge is 2.45. The number of fused-ring (bicyclic) bond motifs is 1. The maximum absolute atomic E-state index is 13.8. The van der Waals surface area contributed by atoms with Gasteiger partial charge in [0, 0.05) is 18.9 Å². The van der Waals surface area contributed by atoms with Crippen molar-refractivity contribution in [2.75, 3.05) is 0 Å². The molecular formula is C16H16F2N4O. The number of carbonyl (C=O) groups excluding carboxylic acids is 1. The Morgan fingerprint density at radius 2 is 2.22 bits per heavy atom. The first kappa shape index (κ1) is 14.3. The molecule has 1 saturated carbocycles. The summed E-state index contributed by atoms with van der Waals surface area (Å²) in [6.07, 6.45) is 2.52. The standard InChI is InChI=1S/C16H16F2N4O/c17-12-4-1-3-9(15(12)18)10-7-11(10)16(23)19-8-14-21-20-13-5-2-6-22(13)14/h1,3-4,10-11H,2,5-8H2,(H,19,23)/t10-,11-/m1/s1. The van der Waals surface area contributed by atoms with Crippen LogP contribution >= 0.6 is 0 Å². The van der Waals surface area contributed by atoms with Crippen molar-refractivity contribution in [3.63, 3.8) is 0 Å². The molecule has 1 N–H and O–H groups in total. The van der Waals surface area contributed by atoms with Crippen LogP contribution in [0.5, 0.6) is 0 Å². The molecule has 1 aromatic carbocycles. The predicted molar refractivity (Wildman–Crippen MR) is 77.4 cm³/mol. The molecule has 2 aliphatic rings. The van der Waals surface area contributed by atoms with Crippen molar-refractivity contribution in [2.45, 2.75) is 38.3 Å². The summed E-state index contributed by atoms with van der Waals surface area (Å²) in [5.41, 5.74) is 0.286. The molecule has 4 rings (SSSR count). The molecule has 0 saturated heterocycles. The van der Waals surface area contributed by atoms with Crippen molar-refractivity contribution >= 4 is 5.91 Å². The summed E-state index contributed by atoms with van der Waals surface area (Å²) in [4.78, 5) is 12.2. The van der Waals surface area contributed by atoms with E-state index in [1.165, 1.54) is 6.07 Å². The molecule has 5 nitrogen and oxygen atoms in total. The normalized spacial score (nSPS) is 22.0. The minimum atomic E-state index is -0.868. The van der Waals surface area contributed by atoms with Crippen LogP contribution in [0.1, 0.15) is 36.0 Å². The number of amides is 1. The van der Waals surface area contributed by atoms with Gasteiger partial charge in [0.25, 0.3) is 0 Å². The highest BCUT2D eigenvalue weighted by Crippen LogP contribution is 2.48. The molecule has 0 spiro atoms. The van der Waals surface area contributed by atoms with Gasteiger partial charge in [0.1, 0.15) is 5.82 Å². The van der Waals surface area contributed by atoms with E-state index in [4.69, 9.17) is 0 Å². The molecule has 1 amide bonds.